The van der Waals surface area contributed by atoms with Crippen LogP contribution in [0.3, 0.4) is 0 Å². The van der Waals surface area contributed by atoms with Gasteiger partial charge in [-0.2, -0.15) is 0 Å². The quantitative estimate of drug-likeness (QED) is 0.749. The minimum Gasteiger partial charge on any atom is -0.497 e. The van der Waals surface area contributed by atoms with E-state index in [4.69, 9.17) is 4.74 Å². The first-order valence-corrected chi connectivity index (χ1v) is 10.5. The first-order valence-electron chi connectivity index (χ1n) is 10.5. The van der Waals surface area contributed by atoms with E-state index in [1.54, 1.807) is 11.7 Å². The molecule has 4 rings (SSSR count). The summed E-state index contributed by atoms with van der Waals surface area (Å²) >= 11 is 0. The van der Waals surface area contributed by atoms with Gasteiger partial charge >= 0.3 is 11.7 Å². The Hall–Kier alpha value is -2.77. The number of carbonyl (C=O) groups excluding carboxylic acids is 1. The van der Waals surface area contributed by atoms with Crippen molar-refractivity contribution in [2.45, 2.75) is 63.6 Å². The lowest BCUT2D eigenvalue weighted by Crippen LogP contribution is -2.44. The van der Waals surface area contributed by atoms with Crippen LogP contribution in [0.2, 0.25) is 0 Å². The minimum atomic E-state index is -0.165. The molecule has 0 aliphatic heterocycles. The van der Waals surface area contributed by atoms with Crippen molar-refractivity contribution in [3.63, 3.8) is 0 Å². The zero-order valence-corrected chi connectivity index (χ0v) is 16.9. The lowest BCUT2D eigenvalue weighted by molar-refractivity contribution is 0.232. The van der Waals surface area contributed by atoms with Crippen LogP contribution in [0, 0.1) is 0 Å². The van der Waals surface area contributed by atoms with Crippen LogP contribution in [-0.2, 0) is 6.54 Å². The highest BCUT2D eigenvalue weighted by atomic mass is 16.5. The summed E-state index contributed by atoms with van der Waals surface area (Å²) in [6.07, 6.45) is 7.68. The summed E-state index contributed by atoms with van der Waals surface area (Å²) in [5, 5.41) is 10.4. The molecule has 2 aliphatic rings. The maximum absolute atomic E-state index is 12.9. The molecule has 8 heteroatoms. The van der Waals surface area contributed by atoms with Crippen molar-refractivity contribution in [2.24, 2.45) is 0 Å². The summed E-state index contributed by atoms with van der Waals surface area (Å²) in [5.74, 6) is 1.44. The van der Waals surface area contributed by atoms with E-state index >= 15 is 0 Å². The Bertz CT molecular complexity index is 892. The molecule has 0 spiro atoms. The highest BCUT2D eigenvalue weighted by Crippen LogP contribution is 2.36. The van der Waals surface area contributed by atoms with E-state index in [1.165, 1.54) is 23.9 Å². The van der Waals surface area contributed by atoms with Crippen LogP contribution in [0.5, 0.6) is 5.75 Å². The molecule has 2 aliphatic carbocycles. The largest absolute Gasteiger partial charge is 0.497 e. The standard InChI is InChI=1S/C21H29N5O3/c1-29-18-11-7-15(8-12-18)19-24-25(21(28)26(19)17-9-10-17)14-13-22-20(27)23-16-5-3-2-4-6-16/h7-8,11-12,16-17H,2-6,9-10,13-14H2,1H3,(H2,22,23,27). The smallest absolute Gasteiger partial charge is 0.346 e. The van der Waals surface area contributed by atoms with Crippen LogP contribution in [0.25, 0.3) is 11.4 Å². The summed E-state index contributed by atoms with van der Waals surface area (Å²) in [6, 6.07) is 7.89. The van der Waals surface area contributed by atoms with E-state index in [9.17, 15) is 9.59 Å². The number of benzene rings is 1. The van der Waals surface area contributed by atoms with Gasteiger partial charge in [0.15, 0.2) is 5.82 Å². The Kier molecular flexibility index (Phi) is 5.87. The normalized spacial score (nSPS) is 17.1. The first kappa shape index (κ1) is 19.5. The van der Waals surface area contributed by atoms with Crippen LogP contribution in [0.15, 0.2) is 29.1 Å². The van der Waals surface area contributed by atoms with Gasteiger partial charge in [-0.05, 0) is 49.9 Å². The Morgan fingerprint density at radius 2 is 1.86 bits per heavy atom. The molecule has 2 saturated carbocycles. The number of hydrogen-bond donors (Lipinski definition) is 2. The fraction of sp³-hybridized carbons (Fsp3) is 0.571. The molecular weight excluding hydrogens is 370 g/mol. The van der Waals surface area contributed by atoms with Gasteiger partial charge in [-0.3, -0.25) is 4.57 Å². The van der Waals surface area contributed by atoms with Gasteiger partial charge in [0, 0.05) is 24.2 Å². The molecule has 0 atom stereocenters. The lowest BCUT2D eigenvalue weighted by atomic mass is 9.96. The van der Waals surface area contributed by atoms with Crippen LogP contribution < -0.4 is 21.1 Å². The molecule has 0 bridgehead atoms. The number of rotatable bonds is 7. The molecule has 2 N–H and O–H groups in total. The van der Waals surface area contributed by atoms with Gasteiger partial charge in [0.2, 0.25) is 0 Å². The number of nitrogens with zero attached hydrogens (tertiary/aromatic N) is 3. The fourth-order valence-corrected chi connectivity index (χ4v) is 3.92. The zero-order valence-electron chi connectivity index (χ0n) is 16.9. The Balaban J connectivity index is 1.41. The molecule has 2 amide bonds. The number of methoxy groups -OCH3 is 1. The highest BCUT2D eigenvalue weighted by molar-refractivity contribution is 5.74. The van der Waals surface area contributed by atoms with Crippen LogP contribution in [0.4, 0.5) is 4.79 Å². The number of aromatic nitrogens is 3. The van der Waals surface area contributed by atoms with E-state index in [1.807, 2.05) is 24.3 Å². The maximum atomic E-state index is 12.9. The van der Waals surface area contributed by atoms with E-state index in [2.05, 4.69) is 15.7 Å². The molecule has 0 saturated heterocycles. The molecule has 156 valence electrons. The number of urea groups is 1. The van der Waals surface area contributed by atoms with Crippen molar-refractivity contribution < 1.29 is 9.53 Å². The molecule has 0 radical (unpaired) electrons. The molecule has 2 fully saturated rings. The average molecular weight is 399 g/mol. The third-order valence-electron chi connectivity index (χ3n) is 5.68. The summed E-state index contributed by atoms with van der Waals surface area (Å²) in [4.78, 5) is 25.0. The van der Waals surface area contributed by atoms with Gasteiger partial charge < -0.3 is 15.4 Å². The summed E-state index contributed by atoms with van der Waals surface area (Å²) in [6.45, 7) is 0.710. The van der Waals surface area contributed by atoms with Crippen molar-refractivity contribution in [3.8, 4) is 17.1 Å². The Morgan fingerprint density at radius 1 is 1.14 bits per heavy atom. The van der Waals surface area contributed by atoms with Crippen LogP contribution >= 0.6 is 0 Å². The predicted octanol–water partition coefficient (Wildman–Crippen LogP) is 2.69. The zero-order chi connectivity index (χ0) is 20.2. The molecule has 29 heavy (non-hydrogen) atoms. The van der Waals surface area contributed by atoms with Crippen molar-refractivity contribution in [1.82, 2.24) is 25.0 Å². The van der Waals surface area contributed by atoms with Crippen molar-refractivity contribution >= 4 is 6.03 Å². The second kappa shape index (κ2) is 8.71. The second-order valence-electron chi connectivity index (χ2n) is 7.89. The van der Waals surface area contributed by atoms with Gasteiger partial charge in [-0.15, -0.1) is 5.10 Å². The third-order valence-corrected chi connectivity index (χ3v) is 5.68. The predicted molar refractivity (Wildman–Crippen MR) is 110 cm³/mol. The Morgan fingerprint density at radius 3 is 2.52 bits per heavy atom. The molecular formula is C21H29N5O3. The third kappa shape index (κ3) is 4.63. The number of amides is 2. The highest BCUT2D eigenvalue weighted by Gasteiger charge is 2.30. The maximum Gasteiger partial charge on any atom is 0.346 e. The van der Waals surface area contributed by atoms with E-state index < -0.39 is 0 Å². The van der Waals surface area contributed by atoms with Gasteiger partial charge in [-0.1, -0.05) is 19.3 Å². The lowest BCUT2D eigenvalue weighted by Gasteiger charge is -2.22. The molecule has 8 nitrogen and oxygen atoms in total. The molecule has 0 unspecified atom stereocenters. The Labute approximate surface area is 170 Å². The molecule has 1 aromatic carbocycles. The summed E-state index contributed by atoms with van der Waals surface area (Å²) < 4.78 is 8.45. The van der Waals surface area contributed by atoms with Crippen LogP contribution in [0.1, 0.15) is 51.0 Å². The number of carbonyl (C=O) groups is 1. The average Bonchev–Trinajstić information content (AvgIpc) is 3.53. The minimum absolute atomic E-state index is 0.118. The van der Waals surface area contributed by atoms with E-state index in [0.29, 0.717) is 18.9 Å². The molecule has 2 aromatic rings. The summed E-state index contributed by atoms with van der Waals surface area (Å²) in [5.41, 5.74) is 0.768. The summed E-state index contributed by atoms with van der Waals surface area (Å²) in [7, 11) is 1.63. The van der Waals surface area contributed by atoms with Gasteiger partial charge in [0.25, 0.3) is 0 Å². The van der Waals surface area contributed by atoms with E-state index in [0.717, 1.165) is 37.0 Å². The topological polar surface area (TPSA) is 90.2 Å². The van der Waals surface area contributed by atoms with Gasteiger partial charge in [0.05, 0.1) is 13.7 Å². The van der Waals surface area contributed by atoms with Crippen molar-refractivity contribution in [3.05, 3.63) is 34.7 Å². The number of ether oxygens (including phenoxy) is 1. The van der Waals surface area contributed by atoms with E-state index in [-0.39, 0.29) is 23.8 Å². The molecule has 1 heterocycles. The number of hydrogen-bond acceptors (Lipinski definition) is 4. The van der Waals surface area contributed by atoms with Gasteiger partial charge in [0.1, 0.15) is 5.75 Å². The first-order chi connectivity index (χ1) is 14.2. The monoisotopic (exact) mass is 399 g/mol. The second-order valence-corrected chi connectivity index (χ2v) is 7.89. The van der Waals surface area contributed by atoms with Crippen LogP contribution in [-0.4, -0.2) is 40.1 Å². The van der Waals surface area contributed by atoms with Gasteiger partial charge in [-0.25, -0.2) is 14.3 Å². The molecule has 1 aromatic heterocycles. The van der Waals surface area contributed by atoms with Crippen molar-refractivity contribution in [1.29, 1.82) is 0 Å². The SMILES string of the molecule is COc1ccc(-c2nn(CCNC(=O)NC3CCCCC3)c(=O)n2C2CC2)cc1. The number of nitrogens with one attached hydrogen (secondary N) is 2. The van der Waals surface area contributed by atoms with Crippen molar-refractivity contribution in [2.75, 3.05) is 13.7 Å². The fourth-order valence-electron chi connectivity index (χ4n) is 3.92.